The molecule has 0 saturated carbocycles. The highest BCUT2D eigenvalue weighted by molar-refractivity contribution is 5.68. The van der Waals surface area contributed by atoms with Crippen molar-refractivity contribution in [3.63, 3.8) is 0 Å². The Bertz CT molecular complexity index is 268. The number of hydrogen-bond donors (Lipinski definition) is 0. The van der Waals surface area contributed by atoms with Crippen LogP contribution in [-0.2, 0) is 4.74 Å². The van der Waals surface area contributed by atoms with Crippen LogP contribution in [0.2, 0.25) is 0 Å². The summed E-state index contributed by atoms with van der Waals surface area (Å²) in [4.78, 5) is 13.7. The Labute approximate surface area is 131 Å². The van der Waals surface area contributed by atoms with Gasteiger partial charge in [-0.05, 0) is 19.3 Å². The SMILES string of the molecule is CCCCCCCCCCC1CCN(CCCC)C(=O)O1. The van der Waals surface area contributed by atoms with E-state index in [1.165, 1.54) is 51.4 Å². The Balaban J connectivity index is 1.98. The van der Waals surface area contributed by atoms with Gasteiger partial charge in [0.25, 0.3) is 0 Å². The van der Waals surface area contributed by atoms with Crippen molar-refractivity contribution in [2.24, 2.45) is 0 Å². The molecular formula is C18H35NO2. The molecule has 0 aliphatic carbocycles. The Hall–Kier alpha value is -0.730. The van der Waals surface area contributed by atoms with E-state index < -0.39 is 0 Å². The van der Waals surface area contributed by atoms with Gasteiger partial charge in [0.2, 0.25) is 0 Å². The van der Waals surface area contributed by atoms with Crippen molar-refractivity contribution < 1.29 is 9.53 Å². The van der Waals surface area contributed by atoms with E-state index >= 15 is 0 Å². The zero-order valence-electron chi connectivity index (χ0n) is 14.2. The van der Waals surface area contributed by atoms with Crippen molar-refractivity contribution in [3.8, 4) is 0 Å². The van der Waals surface area contributed by atoms with Crippen LogP contribution in [0.25, 0.3) is 0 Å². The van der Waals surface area contributed by atoms with Crippen LogP contribution in [0, 0.1) is 0 Å². The molecule has 1 aliphatic heterocycles. The highest BCUT2D eigenvalue weighted by atomic mass is 16.6. The molecule has 0 radical (unpaired) electrons. The van der Waals surface area contributed by atoms with Crippen LogP contribution < -0.4 is 0 Å². The molecule has 0 aromatic rings. The lowest BCUT2D eigenvalue weighted by Crippen LogP contribution is -2.42. The van der Waals surface area contributed by atoms with Crippen molar-refractivity contribution in [1.29, 1.82) is 0 Å². The minimum atomic E-state index is -0.0840. The molecule has 1 unspecified atom stereocenters. The molecule has 1 heterocycles. The Morgan fingerprint density at radius 3 is 2.19 bits per heavy atom. The van der Waals surface area contributed by atoms with Crippen molar-refractivity contribution in [1.82, 2.24) is 4.90 Å². The molecule has 0 aromatic heterocycles. The lowest BCUT2D eigenvalue weighted by atomic mass is 10.0. The van der Waals surface area contributed by atoms with Crippen molar-refractivity contribution in [3.05, 3.63) is 0 Å². The maximum atomic E-state index is 11.8. The number of carbonyl (C=O) groups excluding carboxylic acids is 1. The lowest BCUT2D eigenvalue weighted by molar-refractivity contribution is 0.0201. The topological polar surface area (TPSA) is 29.5 Å². The van der Waals surface area contributed by atoms with Crippen LogP contribution >= 0.6 is 0 Å². The molecule has 1 atom stereocenters. The standard InChI is InChI=1S/C18H35NO2/c1-3-5-7-8-9-10-11-12-13-17-14-16-19(15-6-4-2)18(20)21-17/h17H,3-16H2,1-2H3. The zero-order valence-corrected chi connectivity index (χ0v) is 14.2. The van der Waals surface area contributed by atoms with Gasteiger partial charge in [-0.25, -0.2) is 4.79 Å². The molecule has 124 valence electrons. The number of carbonyl (C=O) groups is 1. The molecule has 1 aliphatic rings. The second-order valence-electron chi connectivity index (χ2n) is 6.40. The van der Waals surface area contributed by atoms with Gasteiger partial charge in [-0.2, -0.15) is 0 Å². The van der Waals surface area contributed by atoms with Gasteiger partial charge in [0.05, 0.1) is 0 Å². The smallest absolute Gasteiger partial charge is 0.410 e. The minimum Gasteiger partial charge on any atom is -0.446 e. The van der Waals surface area contributed by atoms with E-state index in [9.17, 15) is 4.79 Å². The number of cyclic esters (lactones) is 1. The summed E-state index contributed by atoms with van der Waals surface area (Å²) >= 11 is 0. The summed E-state index contributed by atoms with van der Waals surface area (Å²) < 4.78 is 5.54. The number of rotatable bonds is 12. The van der Waals surface area contributed by atoms with Crippen LogP contribution in [0.1, 0.15) is 90.9 Å². The van der Waals surface area contributed by atoms with Crippen molar-refractivity contribution in [2.45, 2.75) is 97.0 Å². The molecule has 1 fully saturated rings. The molecule has 1 saturated heterocycles. The van der Waals surface area contributed by atoms with Crippen LogP contribution in [-0.4, -0.2) is 30.2 Å². The number of nitrogens with zero attached hydrogens (tertiary/aromatic N) is 1. The van der Waals surface area contributed by atoms with Gasteiger partial charge in [-0.1, -0.05) is 65.2 Å². The second-order valence-corrected chi connectivity index (χ2v) is 6.40. The molecule has 3 nitrogen and oxygen atoms in total. The third-order valence-electron chi connectivity index (χ3n) is 4.41. The van der Waals surface area contributed by atoms with E-state index in [2.05, 4.69) is 13.8 Å². The first-order valence-electron chi connectivity index (χ1n) is 9.23. The van der Waals surface area contributed by atoms with E-state index in [4.69, 9.17) is 4.74 Å². The number of hydrogen-bond acceptors (Lipinski definition) is 2. The normalized spacial score (nSPS) is 18.9. The fourth-order valence-corrected chi connectivity index (χ4v) is 2.93. The maximum absolute atomic E-state index is 11.8. The minimum absolute atomic E-state index is 0.0840. The summed E-state index contributed by atoms with van der Waals surface area (Å²) in [6, 6.07) is 0. The summed E-state index contributed by atoms with van der Waals surface area (Å²) in [5.41, 5.74) is 0. The predicted octanol–water partition coefficient (Wildman–Crippen LogP) is 5.53. The van der Waals surface area contributed by atoms with Gasteiger partial charge in [0, 0.05) is 19.5 Å². The van der Waals surface area contributed by atoms with Crippen molar-refractivity contribution >= 4 is 6.09 Å². The number of amides is 1. The van der Waals surface area contributed by atoms with Gasteiger partial charge in [0.15, 0.2) is 0 Å². The Morgan fingerprint density at radius 2 is 1.57 bits per heavy atom. The van der Waals surface area contributed by atoms with Gasteiger partial charge in [-0.3, -0.25) is 0 Å². The summed E-state index contributed by atoms with van der Waals surface area (Å²) in [5, 5.41) is 0. The fraction of sp³-hybridized carbons (Fsp3) is 0.944. The van der Waals surface area contributed by atoms with Gasteiger partial charge < -0.3 is 9.64 Å². The summed E-state index contributed by atoms with van der Waals surface area (Å²) in [7, 11) is 0. The Kier molecular flexibility index (Phi) is 10.4. The van der Waals surface area contributed by atoms with E-state index in [-0.39, 0.29) is 12.2 Å². The van der Waals surface area contributed by atoms with E-state index in [0.717, 1.165) is 38.8 Å². The number of unbranched alkanes of at least 4 members (excludes halogenated alkanes) is 8. The lowest BCUT2D eigenvalue weighted by Gasteiger charge is -2.31. The highest BCUT2D eigenvalue weighted by Crippen LogP contribution is 2.19. The third-order valence-corrected chi connectivity index (χ3v) is 4.41. The van der Waals surface area contributed by atoms with Crippen LogP contribution in [0.4, 0.5) is 4.79 Å². The first-order chi connectivity index (χ1) is 10.3. The number of ether oxygens (including phenoxy) is 1. The van der Waals surface area contributed by atoms with Crippen LogP contribution in [0.3, 0.4) is 0 Å². The molecule has 1 rings (SSSR count). The molecule has 0 spiro atoms. The molecule has 0 N–H and O–H groups in total. The first-order valence-corrected chi connectivity index (χ1v) is 9.23. The third kappa shape index (κ3) is 8.33. The van der Waals surface area contributed by atoms with Crippen LogP contribution in [0.15, 0.2) is 0 Å². The summed E-state index contributed by atoms with van der Waals surface area (Å²) in [6.45, 7) is 6.16. The van der Waals surface area contributed by atoms with Gasteiger partial charge in [0.1, 0.15) is 6.10 Å². The van der Waals surface area contributed by atoms with Crippen LogP contribution in [0.5, 0.6) is 0 Å². The Morgan fingerprint density at radius 1 is 0.952 bits per heavy atom. The fourth-order valence-electron chi connectivity index (χ4n) is 2.93. The zero-order chi connectivity index (χ0) is 15.3. The molecule has 3 heteroatoms. The maximum Gasteiger partial charge on any atom is 0.410 e. The monoisotopic (exact) mass is 297 g/mol. The molecule has 21 heavy (non-hydrogen) atoms. The summed E-state index contributed by atoms with van der Waals surface area (Å²) in [5.74, 6) is 0. The summed E-state index contributed by atoms with van der Waals surface area (Å²) in [6.07, 6.45) is 15.1. The van der Waals surface area contributed by atoms with E-state index in [1.54, 1.807) is 0 Å². The quantitative estimate of drug-likeness (QED) is 0.443. The average Bonchev–Trinajstić information content (AvgIpc) is 2.49. The largest absolute Gasteiger partial charge is 0.446 e. The average molecular weight is 297 g/mol. The molecular weight excluding hydrogens is 262 g/mol. The van der Waals surface area contributed by atoms with Crippen molar-refractivity contribution in [2.75, 3.05) is 13.1 Å². The van der Waals surface area contributed by atoms with Gasteiger partial charge in [-0.15, -0.1) is 0 Å². The predicted molar refractivity (Wildman–Crippen MR) is 88.6 cm³/mol. The first kappa shape index (κ1) is 18.3. The molecule has 1 amide bonds. The molecule has 0 bridgehead atoms. The van der Waals surface area contributed by atoms with Gasteiger partial charge >= 0.3 is 6.09 Å². The van der Waals surface area contributed by atoms with E-state index in [0.29, 0.717) is 0 Å². The highest BCUT2D eigenvalue weighted by Gasteiger charge is 2.25. The second kappa shape index (κ2) is 11.9. The molecule has 0 aromatic carbocycles. The van der Waals surface area contributed by atoms with E-state index in [1.807, 2.05) is 4.90 Å².